The van der Waals surface area contributed by atoms with Gasteiger partial charge in [-0.3, -0.25) is 4.91 Å². The average molecular weight is 697 g/mol. The van der Waals surface area contributed by atoms with Crippen LogP contribution in [0.1, 0.15) is 33.4 Å². The van der Waals surface area contributed by atoms with Crippen molar-refractivity contribution in [3.8, 4) is 0 Å². The van der Waals surface area contributed by atoms with Crippen LogP contribution in [-0.4, -0.2) is 17.6 Å². The molecular weight excluding hydrogens is 655 g/mol. The van der Waals surface area contributed by atoms with E-state index >= 15 is 0 Å². The summed E-state index contributed by atoms with van der Waals surface area (Å²) in [6.07, 6.45) is 0. The smallest absolute Gasteiger partial charge is 0.0617 e. The molecule has 0 N–H and O–H groups in total. The predicted molar refractivity (Wildman–Crippen MR) is 202 cm³/mol. The second kappa shape index (κ2) is 23.0. The summed E-state index contributed by atoms with van der Waals surface area (Å²) >= 11 is 0. The van der Waals surface area contributed by atoms with Gasteiger partial charge in [-0.05, 0) is 36.3 Å². The summed E-state index contributed by atoms with van der Waals surface area (Å²) in [4.78, 5) is 1.50. The summed E-state index contributed by atoms with van der Waals surface area (Å²) < 4.78 is 0. The second-order valence-corrected chi connectivity index (χ2v) is 16.7. The van der Waals surface area contributed by atoms with Crippen LogP contribution in [0.4, 0.5) is 0 Å². The molecule has 2 radical (unpaired) electrons. The van der Waals surface area contributed by atoms with Crippen molar-refractivity contribution in [1.82, 2.24) is 0 Å². The molecule has 0 unspecified atom stereocenters. The summed E-state index contributed by atoms with van der Waals surface area (Å²) in [6, 6.07) is 73.0. The zero-order valence-electron chi connectivity index (χ0n) is 27.3. The molecule has 3 nitrogen and oxygen atoms in total. The van der Waals surface area contributed by atoms with E-state index in [0.29, 0.717) is 0 Å². The fraction of sp³-hybridized carbons (Fsp3) is 0.143. The zero-order chi connectivity index (χ0) is 32.8. The molecule has 240 valence electrons. The van der Waals surface area contributed by atoms with Crippen molar-refractivity contribution in [3.05, 3.63) is 231 Å². The molecule has 6 rings (SSSR count). The maximum absolute atomic E-state index is 6.75. The standard InChI is InChI=1S/2C21H21Si.Cr.N3/c2*1-4-10-19(11-5-1)16-22(17-20-12-6-2-7-13-20)18-21-14-8-3-9-15-21;;1-3-2/h2*1-15H,16-18H2;;/q;;;-1. The van der Waals surface area contributed by atoms with Gasteiger partial charge < -0.3 is 11.1 Å². The van der Waals surface area contributed by atoms with Crippen LogP contribution in [0.25, 0.3) is 16.0 Å². The molecule has 6 aromatic carbocycles. The van der Waals surface area contributed by atoms with Gasteiger partial charge in [-0.2, -0.15) is 0 Å². The quantitative estimate of drug-likeness (QED) is 0.0529. The van der Waals surface area contributed by atoms with Crippen LogP contribution in [0.2, 0.25) is 0 Å². The number of hydrogen-bond acceptors (Lipinski definition) is 0. The largest absolute Gasteiger partial charge is 0.373 e. The first kappa shape index (κ1) is 38.0. The van der Waals surface area contributed by atoms with Gasteiger partial charge in [-0.1, -0.05) is 215 Å². The molecular formula is C42H42CrN3Si2-. The fourth-order valence-corrected chi connectivity index (χ4v) is 11.3. The molecule has 0 saturated heterocycles. The Bertz CT molecular complexity index is 1370. The van der Waals surface area contributed by atoms with Gasteiger partial charge >= 0.3 is 0 Å². The second-order valence-electron chi connectivity index (χ2n) is 11.6. The van der Waals surface area contributed by atoms with Crippen LogP contribution in [-0.2, 0) is 53.6 Å². The van der Waals surface area contributed by atoms with Crippen molar-refractivity contribution < 1.29 is 17.4 Å². The van der Waals surface area contributed by atoms with Crippen LogP contribution in [0.3, 0.4) is 0 Å². The van der Waals surface area contributed by atoms with Crippen LogP contribution in [0.15, 0.2) is 182 Å². The van der Waals surface area contributed by atoms with Crippen molar-refractivity contribution in [1.29, 1.82) is 0 Å². The molecule has 0 aromatic heterocycles. The molecule has 0 aliphatic carbocycles. The van der Waals surface area contributed by atoms with Crippen molar-refractivity contribution in [2.75, 3.05) is 0 Å². The molecule has 0 atom stereocenters. The summed E-state index contributed by atoms with van der Waals surface area (Å²) in [5, 5.41) is 0. The molecule has 0 heterocycles. The van der Waals surface area contributed by atoms with Crippen LogP contribution in [0, 0.1) is 0 Å². The van der Waals surface area contributed by atoms with E-state index in [4.69, 9.17) is 11.1 Å². The van der Waals surface area contributed by atoms with Gasteiger partial charge in [0, 0.05) is 17.4 Å². The van der Waals surface area contributed by atoms with Crippen LogP contribution < -0.4 is 0 Å². The summed E-state index contributed by atoms with van der Waals surface area (Å²) in [5.41, 5.74) is 22.4. The molecule has 0 bridgehead atoms. The van der Waals surface area contributed by atoms with Crippen molar-refractivity contribution in [2.24, 2.45) is 0 Å². The number of rotatable bonds is 12. The molecule has 0 fully saturated rings. The SMILES string of the molecule is [Cr].[N-]=[N+]=[N-].c1ccc(C[Si](Cc2ccccc2)Cc2ccccc2)cc1.c1ccc(C[Si](Cc2ccccc2)Cc2ccccc2)cc1. The third-order valence-electron chi connectivity index (χ3n) is 7.78. The third kappa shape index (κ3) is 15.0. The van der Waals surface area contributed by atoms with Crippen molar-refractivity contribution >= 4 is 17.6 Å². The Morgan fingerprint density at radius 3 is 0.542 bits per heavy atom. The molecule has 0 amide bonds. The summed E-state index contributed by atoms with van der Waals surface area (Å²) in [7, 11) is -1.00. The van der Waals surface area contributed by atoms with Crippen LogP contribution in [0.5, 0.6) is 0 Å². The number of hydrogen-bond donors (Lipinski definition) is 0. The Labute approximate surface area is 301 Å². The van der Waals surface area contributed by atoms with E-state index in [1.807, 2.05) is 0 Å². The minimum absolute atomic E-state index is 0. The zero-order valence-corrected chi connectivity index (χ0v) is 30.6. The maximum Gasteiger partial charge on any atom is 0.0617 e. The van der Waals surface area contributed by atoms with E-state index in [-0.39, 0.29) is 17.4 Å². The molecule has 48 heavy (non-hydrogen) atoms. The van der Waals surface area contributed by atoms with E-state index in [2.05, 4.69) is 182 Å². The van der Waals surface area contributed by atoms with Crippen molar-refractivity contribution in [3.63, 3.8) is 0 Å². The third-order valence-corrected chi connectivity index (χ3v) is 13.2. The molecule has 6 heteroatoms. The van der Waals surface area contributed by atoms with Gasteiger partial charge in [-0.25, -0.2) is 0 Å². The van der Waals surface area contributed by atoms with Gasteiger partial charge in [0.25, 0.3) is 0 Å². The van der Waals surface area contributed by atoms with E-state index < -0.39 is 17.6 Å². The Hall–Kier alpha value is -4.40. The molecule has 0 aliphatic rings. The maximum atomic E-state index is 6.75. The molecule has 0 aliphatic heterocycles. The van der Waals surface area contributed by atoms with Gasteiger partial charge in [-0.15, -0.1) is 0 Å². The van der Waals surface area contributed by atoms with E-state index in [9.17, 15) is 0 Å². The Kier molecular flexibility index (Phi) is 18.2. The Morgan fingerprint density at radius 2 is 0.417 bits per heavy atom. The van der Waals surface area contributed by atoms with Gasteiger partial charge in [0.2, 0.25) is 0 Å². The van der Waals surface area contributed by atoms with Gasteiger partial charge in [0.05, 0.1) is 17.6 Å². The minimum atomic E-state index is -0.502. The van der Waals surface area contributed by atoms with E-state index in [1.54, 1.807) is 0 Å². The first-order valence-corrected chi connectivity index (χ1v) is 20.3. The van der Waals surface area contributed by atoms with Crippen molar-refractivity contribution in [2.45, 2.75) is 36.3 Å². The van der Waals surface area contributed by atoms with E-state index in [0.717, 1.165) is 0 Å². The monoisotopic (exact) mass is 696 g/mol. The first-order valence-electron chi connectivity index (χ1n) is 16.1. The van der Waals surface area contributed by atoms with E-state index in [1.165, 1.54) is 74.6 Å². The van der Waals surface area contributed by atoms with Gasteiger partial charge in [0.1, 0.15) is 0 Å². The molecule has 0 saturated carbocycles. The topological polar surface area (TPSA) is 58.7 Å². The summed E-state index contributed by atoms with van der Waals surface area (Å²) in [5.74, 6) is 0. The normalized spacial score (nSPS) is 10.0. The summed E-state index contributed by atoms with van der Waals surface area (Å²) in [6.45, 7) is 0. The number of nitrogens with zero attached hydrogens (tertiary/aromatic N) is 3. The Morgan fingerprint density at radius 1 is 0.292 bits per heavy atom. The molecule has 0 spiro atoms. The Balaban J connectivity index is 0.000000236. The average Bonchev–Trinajstić information content (AvgIpc) is 3.12. The van der Waals surface area contributed by atoms with Crippen LogP contribution >= 0.6 is 0 Å². The van der Waals surface area contributed by atoms with Gasteiger partial charge in [0.15, 0.2) is 0 Å². The first-order chi connectivity index (χ1) is 23.2. The molecule has 6 aromatic rings. The predicted octanol–water partition coefficient (Wildman–Crippen LogP) is 10.5. The number of benzene rings is 6. The minimum Gasteiger partial charge on any atom is -0.373 e. The fourth-order valence-electron chi connectivity index (χ4n) is 5.68.